The monoisotopic (exact) mass is 265 g/mol. The molecule has 0 spiro atoms. The lowest BCUT2D eigenvalue weighted by molar-refractivity contribution is 0.144. The average Bonchev–Trinajstić information content (AvgIpc) is 2.63. The van der Waals surface area contributed by atoms with Gasteiger partial charge in [0.05, 0.1) is 0 Å². The molecule has 2 fully saturated rings. The van der Waals surface area contributed by atoms with Gasteiger partial charge in [-0.3, -0.25) is 0 Å². The fraction of sp³-hybridized carbons (Fsp3) is 1.00. The summed E-state index contributed by atoms with van der Waals surface area (Å²) in [4.78, 5) is 0. The van der Waals surface area contributed by atoms with Crippen LogP contribution in [0.4, 0.5) is 0 Å². The van der Waals surface area contributed by atoms with Gasteiger partial charge in [0.2, 0.25) is 0 Å². The summed E-state index contributed by atoms with van der Waals surface area (Å²) in [5, 5.41) is 0. The van der Waals surface area contributed by atoms with Crippen LogP contribution >= 0.6 is 0 Å². The maximum absolute atomic E-state index is 6.91. The molecule has 4 unspecified atom stereocenters. The molecule has 19 heavy (non-hydrogen) atoms. The van der Waals surface area contributed by atoms with Crippen molar-refractivity contribution >= 4 is 0 Å². The maximum atomic E-state index is 6.91. The standard InChI is InChI=1S/C18H35N/c1-3-7-16-9-6-12-18(19,13-11-16)17-10-5-8-15(4-2)14-17/h15-17H,3-14,19H2,1-2H3. The van der Waals surface area contributed by atoms with E-state index < -0.39 is 0 Å². The van der Waals surface area contributed by atoms with Crippen LogP contribution in [-0.4, -0.2) is 5.54 Å². The maximum Gasteiger partial charge on any atom is 0.0183 e. The molecule has 0 heterocycles. The minimum atomic E-state index is 0.191. The van der Waals surface area contributed by atoms with Crippen molar-refractivity contribution in [2.45, 2.75) is 96.4 Å². The summed E-state index contributed by atoms with van der Waals surface area (Å²) in [5.41, 5.74) is 7.10. The van der Waals surface area contributed by atoms with E-state index in [1.54, 1.807) is 0 Å². The van der Waals surface area contributed by atoms with Gasteiger partial charge in [-0.25, -0.2) is 0 Å². The fourth-order valence-corrected chi connectivity index (χ4v) is 4.75. The quantitative estimate of drug-likeness (QED) is 0.687. The zero-order valence-corrected chi connectivity index (χ0v) is 13.3. The predicted molar refractivity (Wildman–Crippen MR) is 84.1 cm³/mol. The molecule has 2 saturated carbocycles. The highest BCUT2D eigenvalue weighted by atomic mass is 14.8. The van der Waals surface area contributed by atoms with E-state index in [2.05, 4.69) is 13.8 Å². The predicted octanol–water partition coefficient (Wildman–Crippen LogP) is 5.28. The second kappa shape index (κ2) is 7.11. The van der Waals surface area contributed by atoms with E-state index in [1.165, 1.54) is 77.0 Å². The van der Waals surface area contributed by atoms with Crippen molar-refractivity contribution in [3.05, 3.63) is 0 Å². The van der Waals surface area contributed by atoms with Crippen LogP contribution in [0.15, 0.2) is 0 Å². The van der Waals surface area contributed by atoms with E-state index in [-0.39, 0.29) is 5.54 Å². The molecular formula is C18H35N. The minimum absolute atomic E-state index is 0.191. The zero-order chi connectivity index (χ0) is 13.7. The van der Waals surface area contributed by atoms with Crippen molar-refractivity contribution < 1.29 is 0 Å². The molecule has 0 aliphatic heterocycles. The summed E-state index contributed by atoms with van der Waals surface area (Å²) >= 11 is 0. The number of rotatable bonds is 4. The molecule has 112 valence electrons. The first-order chi connectivity index (χ1) is 9.18. The van der Waals surface area contributed by atoms with E-state index in [9.17, 15) is 0 Å². The Morgan fingerprint density at radius 2 is 1.74 bits per heavy atom. The van der Waals surface area contributed by atoms with Crippen LogP contribution in [0.1, 0.15) is 90.9 Å². The van der Waals surface area contributed by atoms with Crippen molar-refractivity contribution in [1.29, 1.82) is 0 Å². The highest BCUT2D eigenvalue weighted by Gasteiger charge is 2.38. The van der Waals surface area contributed by atoms with Gasteiger partial charge in [0.15, 0.2) is 0 Å². The van der Waals surface area contributed by atoms with Crippen LogP contribution in [0.25, 0.3) is 0 Å². The first-order valence-corrected chi connectivity index (χ1v) is 8.96. The highest BCUT2D eigenvalue weighted by molar-refractivity contribution is 4.95. The van der Waals surface area contributed by atoms with Gasteiger partial charge < -0.3 is 5.73 Å². The van der Waals surface area contributed by atoms with Crippen LogP contribution < -0.4 is 5.73 Å². The van der Waals surface area contributed by atoms with Gasteiger partial charge in [0, 0.05) is 5.54 Å². The SMILES string of the molecule is CCCC1CCCC(N)(C2CCCC(CC)C2)CC1. The van der Waals surface area contributed by atoms with Crippen LogP contribution in [-0.2, 0) is 0 Å². The fourth-order valence-electron chi connectivity index (χ4n) is 4.75. The van der Waals surface area contributed by atoms with E-state index in [1.807, 2.05) is 0 Å². The Morgan fingerprint density at radius 1 is 0.947 bits per heavy atom. The molecule has 0 saturated heterocycles. The largest absolute Gasteiger partial charge is 0.325 e. The molecule has 2 rings (SSSR count). The molecule has 1 heteroatoms. The Balaban J connectivity index is 1.93. The molecule has 0 radical (unpaired) electrons. The third-order valence-corrected chi connectivity index (χ3v) is 6.14. The van der Waals surface area contributed by atoms with Crippen molar-refractivity contribution in [1.82, 2.24) is 0 Å². The lowest BCUT2D eigenvalue weighted by Gasteiger charge is -2.42. The molecule has 0 amide bonds. The van der Waals surface area contributed by atoms with Gasteiger partial charge in [-0.1, -0.05) is 58.8 Å². The van der Waals surface area contributed by atoms with Crippen LogP contribution in [0, 0.1) is 17.8 Å². The van der Waals surface area contributed by atoms with Crippen molar-refractivity contribution in [2.24, 2.45) is 23.5 Å². The summed E-state index contributed by atoms with van der Waals surface area (Å²) in [6.07, 6.45) is 16.7. The lowest BCUT2D eigenvalue weighted by Crippen LogP contribution is -2.48. The van der Waals surface area contributed by atoms with Crippen LogP contribution in [0.2, 0.25) is 0 Å². The summed E-state index contributed by atoms with van der Waals surface area (Å²) in [5.74, 6) is 2.77. The molecule has 0 aromatic carbocycles. The lowest BCUT2D eigenvalue weighted by atomic mass is 9.68. The molecule has 0 aromatic heterocycles. The first-order valence-electron chi connectivity index (χ1n) is 8.96. The molecular weight excluding hydrogens is 230 g/mol. The smallest absolute Gasteiger partial charge is 0.0183 e. The average molecular weight is 265 g/mol. The molecule has 0 bridgehead atoms. The molecule has 1 nitrogen and oxygen atoms in total. The van der Waals surface area contributed by atoms with Gasteiger partial charge in [-0.05, 0) is 49.9 Å². The first kappa shape index (κ1) is 15.4. The van der Waals surface area contributed by atoms with Crippen LogP contribution in [0.3, 0.4) is 0 Å². The Labute approximate surface area is 120 Å². The summed E-state index contributed by atoms with van der Waals surface area (Å²) < 4.78 is 0. The van der Waals surface area contributed by atoms with E-state index >= 15 is 0 Å². The van der Waals surface area contributed by atoms with Gasteiger partial charge in [-0.2, -0.15) is 0 Å². The van der Waals surface area contributed by atoms with Gasteiger partial charge in [0.25, 0.3) is 0 Å². The third kappa shape index (κ3) is 3.97. The topological polar surface area (TPSA) is 26.0 Å². The number of nitrogens with two attached hydrogens (primary N) is 1. The minimum Gasteiger partial charge on any atom is -0.325 e. The van der Waals surface area contributed by atoms with Crippen molar-refractivity contribution in [3.8, 4) is 0 Å². The Kier molecular flexibility index (Phi) is 5.74. The Bertz CT molecular complexity index is 262. The van der Waals surface area contributed by atoms with Gasteiger partial charge >= 0.3 is 0 Å². The van der Waals surface area contributed by atoms with Crippen LogP contribution in [0.5, 0.6) is 0 Å². The molecule has 4 atom stereocenters. The molecule has 2 aliphatic carbocycles. The van der Waals surface area contributed by atoms with E-state index in [0.29, 0.717) is 0 Å². The second-order valence-corrected chi connectivity index (χ2v) is 7.46. The number of hydrogen-bond acceptors (Lipinski definition) is 1. The Morgan fingerprint density at radius 3 is 2.47 bits per heavy atom. The number of hydrogen-bond donors (Lipinski definition) is 1. The van der Waals surface area contributed by atoms with Crippen molar-refractivity contribution in [2.75, 3.05) is 0 Å². The summed E-state index contributed by atoms with van der Waals surface area (Å²) in [6, 6.07) is 0. The second-order valence-electron chi connectivity index (χ2n) is 7.46. The summed E-state index contributed by atoms with van der Waals surface area (Å²) in [7, 11) is 0. The molecule has 0 aromatic rings. The molecule has 2 N–H and O–H groups in total. The normalized spacial score (nSPS) is 40.9. The summed E-state index contributed by atoms with van der Waals surface area (Å²) in [6.45, 7) is 4.69. The Hall–Kier alpha value is -0.0400. The van der Waals surface area contributed by atoms with Gasteiger partial charge in [0.1, 0.15) is 0 Å². The van der Waals surface area contributed by atoms with Gasteiger partial charge in [-0.15, -0.1) is 0 Å². The van der Waals surface area contributed by atoms with Crippen molar-refractivity contribution in [3.63, 3.8) is 0 Å². The molecule has 2 aliphatic rings. The highest BCUT2D eigenvalue weighted by Crippen LogP contribution is 2.43. The third-order valence-electron chi connectivity index (χ3n) is 6.14. The van der Waals surface area contributed by atoms with E-state index in [4.69, 9.17) is 5.73 Å². The van der Waals surface area contributed by atoms with E-state index in [0.717, 1.165) is 17.8 Å². The zero-order valence-electron chi connectivity index (χ0n) is 13.3.